The summed E-state index contributed by atoms with van der Waals surface area (Å²) in [6.07, 6.45) is 2.77. The van der Waals surface area contributed by atoms with E-state index in [-0.39, 0.29) is 18.7 Å². The molecular formula is C14H22N2O2S. The fourth-order valence-electron chi connectivity index (χ4n) is 1.78. The van der Waals surface area contributed by atoms with E-state index in [0.29, 0.717) is 5.92 Å². The Bertz CT molecular complexity index is 393. The summed E-state index contributed by atoms with van der Waals surface area (Å²) >= 11 is 1.66. The first-order chi connectivity index (χ1) is 9.05. The zero-order valence-electron chi connectivity index (χ0n) is 11.6. The first kappa shape index (κ1) is 15.9. The van der Waals surface area contributed by atoms with Gasteiger partial charge in [0.2, 0.25) is 0 Å². The number of urea groups is 1. The highest BCUT2D eigenvalue weighted by Gasteiger charge is 2.12. The van der Waals surface area contributed by atoms with E-state index in [0.717, 1.165) is 17.0 Å². The summed E-state index contributed by atoms with van der Waals surface area (Å²) < 4.78 is 0. The number of amides is 2. The summed E-state index contributed by atoms with van der Waals surface area (Å²) in [4.78, 5) is 12.9. The number of hydrogen-bond donors (Lipinski definition) is 3. The summed E-state index contributed by atoms with van der Waals surface area (Å²) in [6.45, 7) is 4.07. The van der Waals surface area contributed by atoms with Gasteiger partial charge in [-0.1, -0.05) is 13.8 Å². The molecule has 2 amide bonds. The summed E-state index contributed by atoms with van der Waals surface area (Å²) in [7, 11) is 0. The van der Waals surface area contributed by atoms with Crippen molar-refractivity contribution in [3.05, 3.63) is 24.3 Å². The van der Waals surface area contributed by atoms with Gasteiger partial charge in [0.05, 0.1) is 12.6 Å². The van der Waals surface area contributed by atoms with Crippen LogP contribution in [0, 0.1) is 5.92 Å². The molecule has 0 bridgehead atoms. The minimum atomic E-state index is -0.281. The number of hydrogen-bond acceptors (Lipinski definition) is 3. The summed E-state index contributed by atoms with van der Waals surface area (Å²) in [5.74, 6) is 0.429. The Kier molecular flexibility index (Phi) is 6.73. The molecule has 1 rings (SSSR count). The molecule has 0 aliphatic heterocycles. The number of anilines is 1. The van der Waals surface area contributed by atoms with Crippen molar-refractivity contribution in [2.24, 2.45) is 5.92 Å². The van der Waals surface area contributed by atoms with Crippen molar-refractivity contribution < 1.29 is 9.90 Å². The summed E-state index contributed by atoms with van der Waals surface area (Å²) in [5, 5.41) is 14.7. The fourth-order valence-corrected chi connectivity index (χ4v) is 2.18. The molecule has 1 unspecified atom stereocenters. The van der Waals surface area contributed by atoms with Crippen LogP contribution in [0.1, 0.15) is 20.3 Å². The van der Waals surface area contributed by atoms with Gasteiger partial charge >= 0.3 is 6.03 Å². The number of carbonyl (C=O) groups is 1. The zero-order valence-corrected chi connectivity index (χ0v) is 12.5. The molecule has 1 atom stereocenters. The van der Waals surface area contributed by atoms with Crippen LogP contribution < -0.4 is 10.6 Å². The van der Waals surface area contributed by atoms with E-state index in [1.807, 2.05) is 30.5 Å². The molecule has 1 aromatic rings. The predicted molar refractivity (Wildman–Crippen MR) is 80.7 cm³/mol. The quantitative estimate of drug-likeness (QED) is 0.703. The van der Waals surface area contributed by atoms with Crippen LogP contribution in [0.15, 0.2) is 29.2 Å². The summed E-state index contributed by atoms with van der Waals surface area (Å²) in [6, 6.07) is 7.15. The van der Waals surface area contributed by atoms with Crippen molar-refractivity contribution in [2.45, 2.75) is 31.2 Å². The van der Waals surface area contributed by atoms with Gasteiger partial charge in [-0.05, 0) is 42.9 Å². The van der Waals surface area contributed by atoms with Crippen LogP contribution in [0.25, 0.3) is 0 Å². The average molecular weight is 282 g/mol. The third kappa shape index (κ3) is 5.98. The number of aliphatic hydroxyl groups is 1. The molecule has 1 aromatic carbocycles. The van der Waals surface area contributed by atoms with Crippen LogP contribution in [0.3, 0.4) is 0 Å². The number of nitrogens with one attached hydrogen (secondary N) is 2. The minimum absolute atomic E-state index is 0.0446. The van der Waals surface area contributed by atoms with Crippen molar-refractivity contribution in [3.63, 3.8) is 0 Å². The molecule has 106 valence electrons. The van der Waals surface area contributed by atoms with Crippen LogP contribution >= 0.6 is 11.8 Å². The Morgan fingerprint density at radius 2 is 1.95 bits per heavy atom. The lowest BCUT2D eigenvalue weighted by Gasteiger charge is -2.18. The molecule has 0 aliphatic rings. The van der Waals surface area contributed by atoms with E-state index >= 15 is 0 Å². The van der Waals surface area contributed by atoms with Crippen LogP contribution in [0.5, 0.6) is 0 Å². The number of carbonyl (C=O) groups excluding carboxylic acids is 1. The highest BCUT2D eigenvalue weighted by atomic mass is 32.2. The first-order valence-corrected chi connectivity index (χ1v) is 7.60. The minimum Gasteiger partial charge on any atom is -0.394 e. The lowest BCUT2D eigenvalue weighted by Crippen LogP contribution is -2.40. The Labute approximate surface area is 119 Å². The van der Waals surface area contributed by atoms with E-state index in [1.54, 1.807) is 11.8 Å². The van der Waals surface area contributed by atoms with Gasteiger partial charge in [-0.15, -0.1) is 11.8 Å². The molecule has 0 spiro atoms. The van der Waals surface area contributed by atoms with E-state index < -0.39 is 0 Å². The van der Waals surface area contributed by atoms with Gasteiger partial charge in [0.15, 0.2) is 0 Å². The second kappa shape index (κ2) is 8.07. The second-order valence-electron chi connectivity index (χ2n) is 4.84. The third-order valence-corrected chi connectivity index (χ3v) is 3.40. The van der Waals surface area contributed by atoms with Gasteiger partial charge in [-0.2, -0.15) is 0 Å². The molecule has 0 radical (unpaired) electrons. The molecule has 0 aliphatic carbocycles. The highest BCUT2D eigenvalue weighted by molar-refractivity contribution is 7.98. The van der Waals surface area contributed by atoms with Gasteiger partial charge in [0.25, 0.3) is 0 Å². The maximum Gasteiger partial charge on any atom is 0.319 e. The number of aliphatic hydroxyl groups excluding tert-OH is 1. The fraction of sp³-hybridized carbons (Fsp3) is 0.500. The highest BCUT2D eigenvalue weighted by Crippen LogP contribution is 2.17. The molecule has 0 aromatic heterocycles. The van der Waals surface area contributed by atoms with E-state index in [2.05, 4.69) is 24.5 Å². The lowest BCUT2D eigenvalue weighted by molar-refractivity contribution is 0.214. The largest absolute Gasteiger partial charge is 0.394 e. The second-order valence-corrected chi connectivity index (χ2v) is 5.72. The molecule has 4 nitrogen and oxygen atoms in total. The Morgan fingerprint density at radius 1 is 1.32 bits per heavy atom. The van der Waals surface area contributed by atoms with Crippen molar-refractivity contribution in [1.82, 2.24) is 5.32 Å². The van der Waals surface area contributed by atoms with Crippen LogP contribution in [-0.2, 0) is 0 Å². The topological polar surface area (TPSA) is 61.4 Å². The lowest BCUT2D eigenvalue weighted by atomic mass is 10.0. The molecule has 0 saturated heterocycles. The van der Waals surface area contributed by atoms with Gasteiger partial charge in [0, 0.05) is 10.6 Å². The maximum absolute atomic E-state index is 11.8. The van der Waals surface area contributed by atoms with Gasteiger partial charge in [-0.25, -0.2) is 4.79 Å². The standard InChI is InChI=1S/C14H22N2O2S/c1-10(2)8-12(9-17)16-14(18)15-11-4-6-13(19-3)7-5-11/h4-7,10,12,17H,8-9H2,1-3H3,(H2,15,16,18). The number of rotatable bonds is 6. The SMILES string of the molecule is CSc1ccc(NC(=O)NC(CO)CC(C)C)cc1. The van der Waals surface area contributed by atoms with Crippen LogP contribution in [0.2, 0.25) is 0 Å². The van der Waals surface area contributed by atoms with Gasteiger partial charge in [-0.3, -0.25) is 0 Å². The third-order valence-electron chi connectivity index (χ3n) is 2.66. The normalized spacial score (nSPS) is 12.3. The molecule has 0 saturated carbocycles. The molecule has 0 fully saturated rings. The van der Waals surface area contributed by atoms with Crippen LogP contribution in [-0.4, -0.2) is 30.0 Å². The molecule has 0 heterocycles. The van der Waals surface area contributed by atoms with Gasteiger partial charge < -0.3 is 15.7 Å². The van der Waals surface area contributed by atoms with Gasteiger partial charge in [0.1, 0.15) is 0 Å². The zero-order chi connectivity index (χ0) is 14.3. The van der Waals surface area contributed by atoms with Crippen molar-refractivity contribution in [2.75, 3.05) is 18.2 Å². The number of thioether (sulfide) groups is 1. The van der Waals surface area contributed by atoms with Crippen molar-refractivity contribution >= 4 is 23.5 Å². The molecule has 19 heavy (non-hydrogen) atoms. The summed E-state index contributed by atoms with van der Waals surface area (Å²) in [5.41, 5.74) is 0.747. The smallest absolute Gasteiger partial charge is 0.319 e. The number of benzene rings is 1. The van der Waals surface area contributed by atoms with E-state index in [9.17, 15) is 9.90 Å². The average Bonchev–Trinajstić information content (AvgIpc) is 2.38. The predicted octanol–water partition coefficient (Wildman–Crippen LogP) is 2.94. The first-order valence-electron chi connectivity index (χ1n) is 6.37. The van der Waals surface area contributed by atoms with Crippen molar-refractivity contribution in [1.29, 1.82) is 0 Å². The maximum atomic E-state index is 11.8. The molecule has 3 N–H and O–H groups in total. The molecular weight excluding hydrogens is 260 g/mol. The Balaban J connectivity index is 2.49. The van der Waals surface area contributed by atoms with Crippen LogP contribution in [0.4, 0.5) is 10.5 Å². The Morgan fingerprint density at radius 3 is 2.42 bits per heavy atom. The van der Waals surface area contributed by atoms with Crippen molar-refractivity contribution in [3.8, 4) is 0 Å². The molecule has 5 heteroatoms. The Hall–Kier alpha value is -1.20. The monoisotopic (exact) mass is 282 g/mol. The van der Waals surface area contributed by atoms with E-state index in [1.165, 1.54) is 0 Å². The van der Waals surface area contributed by atoms with E-state index in [4.69, 9.17) is 0 Å².